The van der Waals surface area contributed by atoms with E-state index in [1.54, 1.807) is 17.0 Å². The molecule has 2 saturated heterocycles. The Hall–Kier alpha value is -3.81. The van der Waals surface area contributed by atoms with Crippen molar-refractivity contribution in [3.8, 4) is 34.1 Å². The summed E-state index contributed by atoms with van der Waals surface area (Å²) in [5, 5.41) is 9.78. The highest BCUT2D eigenvalue weighted by Crippen LogP contribution is 2.38. The fourth-order valence-electron chi connectivity index (χ4n) is 5.21. The zero-order valence-corrected chi connectivity index (χ0v) is 29.1. The van der Waals surface area contributed by atoms with Gasteiger partial charge < -0.3 is 28.8 Å². The topological polar surface area (TPSA) is 107 Å². The van der Waals surface area contributed by atoms with Crippen LogP contribution in [0.3, 0.4) is 0 Å². The number of benzene rings is 3. The number of halogens is 1. The fraction of sp³-hybridized carbons (Fsp3) is 0.343. The second-order valence-electron chi connectivity index (χ2n) is 10.8. The number of carbonyl (C=O) groups excluding carboxylic acids is 1. The van der Waals surface area contributed by atoms with Gasteiger partial charge in [-0.05, 0) is 73.5 Å². The van der Waals surface area contributed by atoms with Gasteiger partial charge in [-0.3, -0.25) is 14.6 Å². The van der Waals surface area contributed by atoms with Gasteiger partial charge >= 0.3 is 5.97 Å². The SMILES string of the molecule is CCOc1ccc(-c2ccc(OCCN3CCOCC3)c(/C=C3\SC(=S)N(CCCOc4ccc(C(=O)O)cc4OC)C3=O)c2)c(Cl)c1. The van der Waals surface area contributed by atoms with Crippen molar-refractivity contribution >= 4 is 57.9 Å². The minimum atomic E-state index is -1.05. The summed E-state index contributed by atoms with van der Waals surface area (Å²) in [6.45, 7) is 7.47. The Kier molecular flexibility index (Phi) is 12.6. The third-order valence-electron chi connectivity index (χ3n) is 7.70. The Morgan fingerprint density at radius 1 is 1.00 bits per heavy atom. The van der Waals surface area contributed by atoms with E-state index in [9.17, 15) is 14.7 Å². The second-order valence-corrected chi connectivity index (χ2v) is 12.9. The summed E-state index contributed by atoms with van der Waals surface area (Å²) in [7, 11) is 1.45. The molecular formula is C35H37ClN2O8S2. The molecule has 0 aliphatic carbocycles. The first-order valence-electron chi connectivity index (χ1n) is 15.6. The van der Waals surface area contributed by atoms with E-state index in [1.165, 1.54) is 31.0 Å². The van der Waals surface area contributed by atoms with Gasteiger partial charge in [-0.15, -0.1) is 0 Å². The maximum Gasteiger partial charge on any atom is 0.335 e. The Morgan fingerprint density at radius 3 is 2.50 bits per heavy atom. The minimum Gasteiger partial charge on any atom is -0.494 e. The maximum atomic E-state index is 13.6. The Bertz CT molecular complexity index is 1680. The average molecular weight is 713 g/mol. The summed E-state index contributed by atoms with van der Waals surface area (Å²) < 4.78 is 28.9. The second kappa shape index (κ2) is 17.0. The van der Waals surface area contributed by atoms with Crippen LogP contribution in [0.25, 0.3) is 17.2 Å². The van der Waals surface area contributed by atoms with Crippen molar-refractivity contribution in [3.05, 3.63) is 75.7 Å². The lowest BCUT2D eigenvalue weighted by Crippen LogP contribution is -2.38. The van der Waals surface area contributed by atoms with Crippen molar-refractivity contribution in [2.75, 3.05) is 66.3 Å². The van der Waals surface area contributed by atoms with Gasteiger partial charge in [0.2, 0.25) is 0 Å². The van der Waals surface area contributed by atoms with Crippen LogP contribution in [0.1, 0.15) is 29.3 Å². The molecule has 0 spiro atoms. The average Bonchev–Trinajstić information content (AvgIpc) is 3.35. The Labute approximate surface area is 294 Å². The molecule has 0 radical (unpaired) electrons. The van der Waals surface area contributed by atoms with Gasteiger partial charge in [0.05, 0.1) is 49.0 Å². The largest absolute Gasteiger partial charge is 0.494 e. The van der Waals surface area contributed by atoms with Crippen LogP contribution in [0.2, 0.25) is 5.02 Å². The van der Waals surface area contributed by atoms with Crippen molar-refractivity contribution in [1.82, 2.24) is 9.80 Å². The monoisotopic (exact) mass is 712 g/mol. The van der Waals surface area contributed by atoms with Crippen LogP contribution in [0.5, 0.6) is 23.0 Å². The van der Waals surface area contributed by atoms with Crippen LogP contribution in [-0.4, -0.2) is 97.4 Å². The molecular weight excluding hydrogens is 676 g/mol. The number of thioether (sulfide) groups is 1. The van der Waals surface area contributed by atoms with Gasteiger partial charge in [0.25, 0.3) is 5.91 Å². The van der Waals surface area contributed by atoms with Gasteiger partial charge in [0.1, 0.15) is 22.4 Å². The molecule has 13 heteroatoms. The number of rotatable bonds is 15. The predicted molar refractivity (Wildman–Crippen MR) is 191 cm³/mol. The van der Waals surface area contributed by atoms with Gasteiger partial charge in [-0.25, -0.2) is 4.79 Å². The van der Waals surface area contributed by atoms with Crippen LogP contribution in [0.15, 0.2) is 59.5 Å². The van der Waals surface area contributed by atoms with E-state index in [2.05, 4.69) is 4.90 Å². The summed E-state index contributed by atoms with van der Waals surface area (Å²) in [4.78, 5) is 29.2. The highest BCUT2D eigenvalue weighted by Gasteiger charge is 2.32. The van der Waals surface area contributed by atoms with E-state index < -0.39 is 5.97 Å². The van der Waals surface area contributed by atoms with Gasteiger partial charge in [0, 0.05) is 37.3 Å². The third-order valence-corrected chi connectivity index (χ3v) is 9.39. The molecule has 10 nitrogen and oxygen atoms in total. The molecule has 1 N–H and O–H groups in total. The molecule has 48 heavy (non-hydrogen) atoms. The molecule has 0 atom stereocenters. The number of carboxylic acids is 1. The molecule has 3 aromatic rings. The summed E-state index contributed by atoms with van der Waals surface area (Å²) in [6.07, 6.45) is 2.31. The summed E-state index contributed by atoms with van der Waals surface area (Å²) >= 11 is 13.5. The van der Waals surface area contributed by atoms with E-state index in [4.69, 9.17) is 47.5 Å². The number of thiocarbonyl (C=S) groups is 1. The quantitative estimate of drug-likeness (QED) is 0.106. The summed E-state index contributed by atoms with van der Waals surface area (Å²) in [5.74, 6) is 0.828. The minimum absolute atomic E-state index is 0.0994. The zero-order valence-electron chi connectivity index (χ0n) is 26.7. The number of hydrogen-bond donors (Lipinski definition) is 1. The van der Waals surface area contributed by atoms with E-state index in [-0.39, 0.29) is 18.1 Å². The number of ether oxygens (including phenoxy) is 5. The number of morpholine rings is 1. The van der Waals surface area contributed by atoms with Gasteiger partial charge in [-0.2, -0.15) is 0 Å². The molecule has 0 unspecified atom stereocenters. The predicted octanol–water partition coefficient (Wildman–Crippen LogP) is 6.49. The molecule has 1 amide bonds. The first kappa shape index (κ1) is 35.5. The van der Waals surface area contributed by atoms with Crippen LogP contribution < -0.4 is 18.9 Å². The number of carboxylic acid groups (broad SMARTS) is 1. The van der Waals surface area contributed by atoms with Crippen molar-refractivity contribution in [2.45, 2.75) is 13.3 Å². The van der Waals surface area contributed by atoms with Crippen LogP contribution in [0.4, 0.5) is 0 Å². The third kappa shape index (κ3) is 9.00. The van der Waals surface area contributed by atoms with Crippen molar-refractivity contribution in [3.63, 3.8) is 0 Å². The maximum absolute atomic E-state index is 13.6. The standard InChI is InChI=1S/C35H37ClN2O8S2/c1-3-44-26-7-8-27(28(36)22-26)23-5-9-29(46-18-14-37-12-16-43-17-13-37)25(19-23)21-32-33(39)38(35(47)48-32)11-4-15-45-30-10-6-24(34(40)41)20-31(30)42-2/h5-10,19-22H,3-4,11-18H2,1-2H3,(H,40,41)/b32-21-. The molecule has 2 fully saturated rings. The molecule has 0 saturated carbocycles. The van der Waals surface area contributed by atoms with E-state index >= 15 is 0 Å². The normalized spacial score (nSPS) is 16.0. The highest BCUT2D eigenvalue weighted by atomic mass is 35.5. The fourth-order valence-corrected chi connectivity index (χ4v) is 6.79. The van der Waals surface area contributed by atoms with Crippen LogP contribution in [-0.2, 0) is 9.53 Å². The lowest BCUT2D eigenvalue weighted by atomic mass is 10.0. The lowest BCUT2D eigenvalue weighted by Gasteiger charge is -2.26. The van der Waals surface area contributed by atoms with E-state index in [1.807, 2.05) is 43.3 Å². The Morgan fingerprint density at radius 2 is 1.77 bits per heavy atom. The van der Waals surface area contributed by atoms with Crippen LogP contribution in [0, 0.1) is 0 Å². The molecule has 0 bridgehead atoms. The smallest absolute Gasteiger partial charge is 0.335 e. The Balaban J connectivity index is 1.30. The molecule has 2 heterocycles. The summed E-state index contributed by atoms with van der Waals surface area (Å²) in [5.41, 5.74) is 2.54. The molecule has 5 rings (SSSR count). The first-order chi connectivity index (χ1) is 23.3. The zero-order chi connectivity index (χ0) is 34.0. The first-order valence-corrected chi connectivity index (χ1v) is 17.2. The number of methoxy groups -OCH3 is 1. The molecule has 3 aromatic carbocycles. The molecule has 254 valence electrons. The van der Waals surface area contributed by atoms with Crippen molar-refractivity contribution in [1.29, 1.82) is 0 Å². The number of amides is 1. The number of nitrogens with zero attached hydrogens (tertiary/aromatic N) is 2. The van der Waals surface area contributed by atoms with Crippen molar-refractivity contribution in [2.24, 2.45) is 0 Å². The number of hydrogen-bond acceptors (Lipinski definition) is 10. The van der Waals surface area contributed by atoms with Crippen LogP contribution >= 0.6 is 35.6 Å². The summed E-state index contributed by atoms with van der Waals surface area (Å²) in [6, 6.07) is 15.8. The number of aromatic carboxylic acids is 1. The van der Waals surface area contributed by atoms with E-state index in [0.29, 0.717) is 76.6 Å². The molecule has 0 aromatic heterocycles. The van der Waals surface area contributed by atoms with Gasteiger partial charge in [-0.1, -0.05) is 41.6 Å². The van der Waals surface area contributed by atoms with E-state index in [0.717, 1.165) is 36.3 Å². The van der Waals surface area contributed by atoms with Gasteiger partial charge in [0.15, 0.2) is 11.5 Å². The highest BCUT2D eigenvalue weighted by molar-refractivity contribution is 8.26. The molecule has 2 aliphatic rings. The molecule has 2 aliphatic heterocycles. The lowest BCUT2D eigenvalue weighted by molar-refractivity contribution is -0.122. The number of carbonyl (C=O) groups is 2. The van der Waals surface area contributed by atoms with Crippen molar-refractivity contribution < 1.29 is 38.4 Å².